The Morgan fingerprint density at radius 2 is 1.42 bits per heavy atom. The van der Waals surface area contributed by atoms with Crippen molar-refractivity contribution in [3.63, 3.8) is 0 Å². The third kappa shape index (κ3) is 9.96. The van der Waals surface area contributed by atoms with Crippen molar-refractivity contribution in [2.24, 2.45) is 17.4 Å². The zero-order valence-electron chi connectivity index (χ0n) is 24.3. The summed E-state index contributed by atoms with van der Waals surface area (Å²) in [7, 11) is 0. The lowest BCUT2D eigenvalue weighted by Gasteiger charge is -2.26. The van der Waals surface area contributed by atoms with Gasteiger partial charge < -0.3 is 37.5 Å². The predicted molar refractivity (Wildman–Crippen MR) is 161 cm³/mol. The average molecular weight is 593 g/mol. The van der Waals surface area contributed by atoms with Gasteiger partial charge in [-0.05, 0) is 42.4 Å². The van der Waals surface area contributed by atoms with Crippen LogP contribution in [-0.2, 0) is 36.8 Å². The highest BCUT2D eigenvalue weighted by atomic mass is 16.4. The van der Waals surface area contributed by atoms with Gasteiger partial charge >= 0.3 is 5.97 Å². The molecule has 2 aromatic carbocycles. The topological polar surface area (TPSA) is 209 Å². The number of primary amides is 1. The van der Waals surface area contributed by atoms with Gasteiger partial charge in [0.1, 0.15) is 18.1 Å². The normalized spacial score (nSPS) is 14.0. The number of amides is 4. The van der Waals surface area contributed by atoms with Gasteiger partial charge in [-0.2, -0.15) is 0 Å². The number of carbonyl (C=O) groups excluding carboxylic acids is 4. The van der Waals surface area contributed by atoms with E-state index in [-0.39, 0.29) is 38.0 Å². The minimum absolute atomic E-state index is 0.00693. The van der Waals surface area contributed by atoms with Crippen LogP contribution in [0.15, 0.2) is 60.8 Å². The molecule has 230 valence electrons. The molecule has 0 saturated carbocycles. The summed E-state index contributed by atoms with van der Waals surface area (Å²) >= 11 is 0. The number of nitrogens with one attached hydrogen (secondary N) is 4. The van der Waals surface area contributed by atoms with Crippen LogP contribution < -0.4 is 27.4 Å². The Hall–Kier alpha value is -4.71. The molecule has 1 heterocycles. The number of rotatable bonds is 16. The molecule has 0 bridgehead atoms. The van der Waals surface area contributed by atoms with Crippen LogP contribution in [-0.4, -0.2) is 63.9 Å². The van der Waals surface area contributed by atoms with E-state index in [1.807, 2.05) is 68.4 Å². The number of fused-ring (bicyclic) bond motifs is 1. The number of aromatic nitrogens is 1. The molecule has 4 amide bonds. The molecule has 0 aliphatic carbocycles. The predicted octanol–water partition coefficient (Wildman–Crippen LogP) is 1.13. The number of aromatic amines is 1. The number of hydrogen-bond donors (Lipinski definition) is 7. The van der Waals surface area contributed by atoms with E-state index in [0.717, 1.165) is 22.0 Å². The number of nitrogens with two attached hydrogens (primary N) is 2. The zero-order chi connectivity index (χ0) is 31.5. The molecule has 9 N–H and O–H groups in total. The van der Waals surface area contributed by atoms with Crippen molar-refractivity contribution >= 4 is 40.5 Å². The standard InChI is InChI=1S/C31H40N6O6/c1-18(2)14-25(36-28(39)22(32)15-19-8-4-3-5-9-19)29(40)37-26(16-20-17-34-23-11-7-6-10-21(20)23)30(41)35-24(31(42)43)12-13-27(33)38/h3-11,17-18,22,24-26,34H,12-16,32H2,1-2H3,(H2,33,38)(H,35,41)(H,36,39)(H,37,40)(H,42,43). The number of carbonyl (C=O) groups is 5. The van der Waals surface area contributed by atoms with Gasteiger partial charge in [-0.1, -0.05) is 62.4 Å². The molecule has 4 atom stereocenters. The highest BCUT2D eigenvalue weighted by Crippen LogP contribution is 2.19. The van der Waals surface area contributed by atoms with E-state index in [9.17, 15) is 29.1 Å². The molecule has 0 saturated heterocycles. The summed E-state index contributed by atoms with van der Waals surface area (Å²) < 4.78 is 0. The second kappa shape index (κ2) is 15.5. The number of benzene rings is 2. The van der Waals surface area contributed by atoms with Crippen LogP contribution in [0.3, 0.4) is 0 Å². The monoisotopic (exact) mass is 592 g/mol. The first-order valence-electron chi connectivity index (χ1n) is 14.2. The van der Waals surface area contributed by atoms with Crippen molar-refractivity contribution in [1.29, 1.82) is 0 Å². The van der Waals surface area contributed by atoms with E-state index in [2.05, 4.69) is 20.9 Å². The Morgan fingerprint density at radius 3 is 2.07 bits per heavy atom. The maximum absolute atomic E-state index is 13.6. The summed E-state index contributed by atoms with van der Waals surface area (Å²) in [5.74, 6) is -3.93. The summed E-state index contributed by atoms with van der Waals surface area (Å²) in [5.41, 5.74) is 13.7. The molecular weight excluding hydrogens is 552 g/mol. The van der Waals surface area contributed by atoms with Crippen molar-refractivity contribution in [3.8, 4) is 0 Å². The molecular formula is C31H40N6O6. The number of hydrogen-bond acceptors (Lipinski definition) is 6. The second-order valence-corrected chi connectivity index (χ2v) is 11.0. The smallest absolute Gasteiger partial charge is 0.326 e. The summed E-state index contributed by atoms with van der Waals surface area (Å²) in [6.07, 6.45) is 1.83. The third-order valence-electron chi connectivity index (χ3n) is 7.00. The van der Waals surface area contributed by atoms with Gasteiger partial charge in [-0.3, -0.25) is 19.2 Å². The minimum Gasteiger partial charge on any atom is -0.480 e. The Bertz CT molecular complexity index is 1420. The molecule has 0 aliphatic rings. The third-order valence-corrected chi connectivity index (χ3v) is 7.00. The van der Waals surface area contributed by atoms with E-state index in [4.69, 9.17) is 11.5 Å². The SMILES string of the molecule is CC(C)CC(NC(=O)C(N)Cc1ccccc1)C(=O)NC(Cc1c[nH]c2ccccc12)C(=O)NC(CCC(N)=O)C(=O)O. The van der Waals surface area contributed by atoms with E-state index < -0.39 is 53.8 Å². The Balaban J connectivity index is 1.82. The Kier molecular flexibility index (Phi) is 11.8. The van der Waals surface area contributed by atoms with Crippen molar-refractivity contribution in [3.05, 3.63) is 71.9 Å². The van der Waals surface area contributed by atoms with Gasteiger partial charge in [-0.25, -0.2) is 4.79 Å². The molecule has 3 rings (SSSR count). The number of carboxylic acids is 1. The van der Waals surface area contributed by atoms with Crippen LogP contribution >= 0.6 is 0 Å². The van der Waals surface area contributed by atoms with Gasteiger partial charge in [-0.15, -0.1) is 0 Å². The number of para-hydroxylation sites is 1. The van der Waals surface area contributed by atoms with E-state index in [0.29, 0.717) is 0 Å². The van der Waals surface area contributed by atoms with E-state index >= 15 is 0 Å². The van der Waals surface area contributed by atoms with E-state index in [1.165, 1.54) is 0 Å². The van der Waals surface area contributed by atoms with Gasteiger partial charge in [0.15, 0.2) is 0 Å². The van der Waals surface area contributed by atoms with Crippen molar-refractivity contribution in [2.45, 2.75) is 70.1 Å². The minimum atomic E-state index is -1.40. The first-order valence-corrected chi connectivity index (χ1v) is 14.2. The maximum Gasteiger partial charge on any atom is 0.326 e. The highest BCUT2D eigenvalue weighted by molar-refractivity contribution is 5.95. The van der Waals surface area contributed by atoms with Crippen LogP contribution in [0.4, 0.5) is 0 Å². The molecule has 0 radical (unpaired) electrons. The van der Waals surface area contributed by atoms with Crippen LogP contribution in [0.1, 0.15) is 44.2 Å². The quantitative estimate of drug-likeness (QED) is 0.129. The van der Waals surface area contributed by atoms with Gasteiger partial charge in [0.2, 0.25) is 23.6 Å². The maximum atomic E-state index is 13.6. The first-order chi connectivity index (χ1) is 20.4. The summed E-state index contributed by atoms with van der Waals surface area (Å²) in [6.45, 7) is 3.78. The molecule has 0 aliphatic heterocycles. The second-order valence-electron chi connectivity index (χ2n) is 11.0. The molecule has 1 aromatic heterocycles. The lowest BCUT2D eigenvalue weighted by molar-refractivity contribution is -0.142. The fraction of sp³-hybridized carbons (Fsp3) is 0.387. The molecule has 0 spiro atoms. The van der Waals surface area contributed by atoms with Crippen LogP contribution in [0, 0.1) is 5.92 Å². The first kappa shape index (κ1) is 32.8. The largest absolute Gasteiger partial charge is 0.480 e. The summed E-state index contributed by atoms with van der Waals surface area (Å²) in [5, 5.41) is 18.3. The molecule has 43 heavy (non-hydrogen) atoms. The van der Waals surface area contributed by atoms with Crippen molar-refractivity contribution in [1.82, 2.24) is 20.9 Å². The van der Waals surface area contributed by atoms with Crippen LogP contribution in [0.25, 0.3) is 10.9 Å². The number of carboxylic acid groups (broad SMARTS) is 1. The number of aliphatic carboxylic acids is 1. The van der Waals surface area contributed by atoms with Gasteiger partial charge in [0.05, 0.1) is 6.04 Å². The van der Waals surface area contributed by atoms with Gasteiger partial charge in [0.25, 0.3) is 0 Å². The van der Waals surface area contributed by atoms with Gasteiger partial charge in [0, 0.05) is 29.9 Å². The fourth-order valence-electron chi connectivity index (χ4n) is 4.76. The van der Waals surface area contributed by atoms with Crippen LogP contribution in [0.5, 0.6) is 0 Å². The molecule has 4 unspecified atom stereocenters. The highest BCUT2D eigenvalue weighted by Gasteiger charge is 2.31. The fourth-order valence-corrected chi connectivity index (χ4v) is 4.76. The molecule has 3 aromatic rings. The Labute approximate surface area is 250 Å². The summed E-state index contributed by atoms with van der Waals surface area (Å²) in [4.78, 5) is 66.2. The number of H-pyrrole nitrogens is 1. The van der Waals surface area contributed by atoms with Crippen molar-refractivity contribution in [2.75, 3.05) is 0 Å². The average Bonchev–Trinajstić information content (AvgIpc) is 3.37. The Morgan fingerprint density at radius 1 is 0.814 bits per heavy atom. The molecule has 12 heteroatoms. The molecule has 12 nitrogen and oxygen atoms in total. The molecule has 0 fully saturated rings. The van der Waals surface area contributed by atoms with Crippen LogP contribution in [0.2, 0.25) is 0 Å². The lowest BCUT2D eigenvalue weighted by atomic mass is 9.99. The summed E-state index contributed by atoms with van der Waals surface area (Å²) in [6, 6.07) is 12.2. The lowest BCUT2D eigenvalue weighted by Crippen LogP contribution is -2.58. The zero-order valence-corrected chi connectivity index (χ0v) is 24.3. The van der Waals surface area contributed by atoms with Crippen molar-refractivity contribution < 1.29 is 29.1 Å². The van der Waals surface area contributed by atoms with E-state index in [1.54, 1.807) is 6.20 Å².